The van der Waals surface area contributed by atoms with Crippen LogP contribution in [-0.4, -0.2) is 26.7 Å². The predicted molar refractivity (Wildman–Crippen MR) is 110 cm³/mol. The SMILES string of the molecule is CC(C)(C)[Si](C)(C)Oc1c[c]([Sn]([CH3])([CH3])[CH3])c2c(Cl)cccc2c1. The first-order chi connectivity index (χ1) is 10.3. The molecule has 0 bridgehead atoms. The van der Waals surface area contributed by atoms with Crippen molar-refractivity contribution in [2.24, 2.45) is 0 Å². The van der Waals surface area contributed by atoms with Crippen molar-refractivity contribution in [3.63, 3.8) is 0 Å². The van der Waals surface area contributed by atoms with Crippen molar-refractivity contribution in [2.75, 3.05) is 0 Å². The van der Waals surface area contributed by atoms with Gasteiger partial charge >= 0.3 is 152 Å². The fourth-order valence-electron chi connectivity index (χ4n) is 2.45. The molecule has 0 spiro atoms. The van der Waals surface area contributed by atoms with Gasteiger partial charge in [0, 0.05) is 0 Å². The Morgan fingerprint density at radius 2 is 1.65 bits per heavy atom. The van der Waals surface area contributed by atoms with E-state index in [1.165, 1.54) is 14.4 Å². The molecule has 0 atom stereocenters. The molecule has 2 aromatic rings. The summed E-state index contributed by atoms with van der Waals surface area (Å²) in [6.07, 6.45) is 0. The molecular formula is C19H29ClOSiSn. The summed E-state index contributed by atoms with van der Waals surface area (Å²) in [6.45, 7) is 11.4. The van der Waals surface area contributed by atoms with Crippen LogP contribution in [-0.2, 0) is 0 Å². The summed E-state index contributed by atoms with van der Waals surface area (Å²) in [6, 6.07) is 10.6. The van der Waals surface area contributed by atoms with Gasteiger partial charge < -0.3 is 0 Å². The van der Waals surface area contributed by atoms with E-state index >= 15 is 0 Å². The minimum absolute atomic E-state index is 0.196. The summed E-state index contributed by atoms with van der Waals surface area (Å²) in [5.74, 6) is 1.02. The number of hydrogen-bond donors (Lipinski definition) is 0. The van der Waals surface area contributed by atoms with Crippen LogP contribution in [0.25, 0.3) is 10.8 Å². The Hall–Kier alpha value is -0.194. The molecular weight excluding hydrogens is 426 g/mol. The third-order valence-corrected chi connectivity index (χ3v) is 15.3. The van der Waals surface area contributed by atoms with Crippen LogP contribution in [0.2, 0.25) is 38.0 Å². The van der Waals surface area contributed by atoms with Gasteiger partial charge in [-0.05, 0) is 0 Å². The molecule has 0 unspecified atom stereocenters. The molecule has 0 aliphatic heterocycles. The van der Waals surface area contributed by atoms with Gasteiger partial charge in [-0.2, -0.15) is 0 Å². The van der Waals surface area contributed by atoms with Crippen LogP contribution in [0.5, 0.6) is 5.75 Å². The van der Waals surface area contributed by atoms with E-state index in [0.717, 1.165) is 10.8 Å². The molecule has 1 nitrogen and oxygen atoms in total. The number of halogens is 1. The van der Waals surface area contributed by atoms with Crippen LogP contribution in [0.15, 0.2) is 30.3 Å². The van der Waals surface area contributed by atoms with Crippen molar-refractivity contribution >= 4 is 52.6 Å². The van der Waals surface area contributed by atoms with Gasteiger partial charge in [-0.15, -0.1) is 0 Å². The van der Waals surface area contributed by atoms with E-state index < -0.39 is 26.7 Å². The van der Waals surface area contributed by atoms with Gasteiger partial charge in [0.1, 0.15) is 0 Å². The van der Waals surface area contributed by atoms with Crippen LogP contribution in [0.4, 0.5) is 0 Å². The number of hydrogen-bond acceptors (Lipinski definition) is 1. The number of rotatable bonds is 3. The summed E-state index contributed by atoms with van der Waals surface area (Å²) >= 11 is 4.21. The van der Waals surface area contributed by atoms with Gasteiger partial charge in [0.15, 0.2) is 0 Å². The minimum atomic E-state index is -2.32. The summed E-state index contributed by atoms with van der Waals surface area (Å²) in [4.78, 5) is 7.30. The third kappa shape index (κ3) is 4.08. The molecule has 0 aliphatic carbocycles. The van der Waals surface area contributed by atoms with Gasteiger partial charge in [0.2, 0.25) is 0 Å². The zero-order valence-corrected chi connectivity index (χ0v) is 20.3. The van der Waals surface area contributed by atoms with E-state index in [2.05, 4.69) is 66.9 Å². The Kier molecular flexibility index (Phi) is 5.21. The molecule has 0 saturated heterocycles. The fraction of sp³-hybridized carbons (Fsp3) is 0.474. The zero-order chi connectivity index (χ0) is 17.6. The van der Waals surface area contributed by atoms with Crippen LogP contribution < -0.4 is 8.01 Å². The third-order valence-electron chi connectivity index (χ3n) is 4.89. The number of benzene rings is 2. The summed E-state index contributed by atoms with van der Waals surface area (Å²) in [7, 11) is -1.84. The first kappa shape index (κ1) is 19.1. The van der Waals surface area contributed by atoms with Crippen molar-refractivity contribution in [1.82, 2.24) is 0 Å². The molecule has 0 radical (unpaired) electrons. The van der Waals surface area contributed by atoms with E-state index in [1.54, 1.807) is 0 Å². The topological polar surface area (TPSA) is 9.23 Å². The average Bonchev–Trinajstić information content (AvgIpc) is 2.35. The van der Waals surface area contributed by atoms with E-state index in [-0.39, 0.29) is 5.04 Å². The molecule has 2 rings (SSSR count). The second-order valence-electron chi connectivity index (χ2n) is 8.92. The maximum absolute atomic E-state index is 6.58. The molecule has 0 saturated carbocycles. The van der Waals surface area contributed by atoms with Gasteiger partial charge in [-0.25, -0.2) is 0 Å². The predicted octanol–water partition coefficient (Wildman–Crippen LogP) is 6.42. The molecule has 0 aliphatic rings. The van der Waals surface area contributed by atoms with Gasteiger partial charge in [-0.3, -0.25) is 0 Å². The first-order valence-electron chi connectivity index (χ1n) is 8.25. The Bertz CT molecular complexity index is 726. The standard InChI is InChI=1S/C16H20ClOSi.3CH3.Sn/c1-16(2,3)19(4,5)18-13-9-10-14-12(11-13)7-6-8-15(14)17;;;;/h6-9,11H,1-5H3;3*1H3;. The quantitative estimate of drug-likeness (QED) is 0.485. The van der Waals surface area contributed by atoms with Crippen LogP contribution in [0.3, 0.4) is 0 Å². The van der Waals surface area contributed by atoms with Gasteiger partial charge in [0.05, 0.1) is 0 Å². The first-order valence-corrected chi connectivity index (χ1v) is 21.5. The normalized spacial score (nSPS) is 13.4. The van der Waals surface area contributed by atoms with Crippen LogP contribution >= 0.6 is 11.6 Å². The van der Waals surface area contributed by atoms with Crippen molar-refractivity contribution in [2.45, 2.75) is 53.7 Å². The van der Waals surface area contributed by atoms with Crippen molar-refractivity contribution < 1.29 is 4.43 Å². The van der Waals surface area contributed by atoms with E-state index in [4.69, 9.17) is 16.0 Å². The molecule has 2 aromatic carbocycles. The Balaban J connectivity index is 2.65. The van der Waals surface area contributed by atoms with E-state index in [0.29, 0.717) is 0 Å². The Morgan fingerprint density at radius 3 is 2.17 bits per heavy atom. The molecule has 23 heavy (non-hydrogen) atoms. The average molecular weight is 456 g/mol. The van der Waals surface area contributed by atoms with E-state index in [9.17, 15) is 0 Å². The van der Waals surface area contributed by atoms with Gasteiger partial charge in [-0.1, -0.05) is 0 Å². The number of fused-ring (bicyclic) bond motifs is 1. The van der Waals surface area contributed by atoms with Crippen LogP contribution in [0.1, 0.15) is 20.8 Å². The second kappa shape index (κ2) is 6.27. The van der Waals surface area contributed by atoms with Crippen molar-refractivity contribution in [3.8, 4) is 5.75 Å². The molecule has 0 fully saturated rings. The summed E-state index contributed by atoms with van der Waals surface area (Å²) in [5, 5.41) is 3.50. The van der Waals surface area contributed by atoms with Crippen molar-refractivity contribution in [1.29, 1.82) is 0 Å². The summed E-state index contributed by atoms with van der Waals surface area (Å²) < 4.78 is 8.03. The molecule has 126 valence electrons. The monoisotopic (exact) mass is 456 g/mol. The zero-order valence-electron chi connectivity index (χ0n) is 15.7. The van der Waals surface area contributed by atoms with Crippen LogP contribution in [0, 0.1) is 0 Å². The maximum atomic E-state index is 6.58. The molecule has 0 N–H and O–H groups in total. The summed E-state index contributed by atoms with van der Waals surface area (Å²) in [5.41, 5.74) is 0. The van der Waals surface area contributed by atoms with Crippen molar-refractivity contribution in [3.05, 3.63) is 35.4 Å². The van der Waals surface area contributed by atoms with Gasteiger partial charge in [0.25, 0.3) is 0 Å². The Morgan fingerprint density at radius 1 is 1.04 bits per heavy atom. The molecule has 0 amide bonds. The molecule has 0 heterocycles. The molecule has 0 aromatic heterocycles. The second-order valence-corrected chi connectivity index (χ2v) is 28.4. The van der Waals surface area contributed by atoms with E-state index in [1.807, 2.05) is 12.1 Å². The Labute approximate surface area is 151 Å². The fourth-order valence-corrected chi connectivity index (χ4v) is 8.55. The molecule has 4 heteroatoms.